The third kappa shape index (κ3) is 2.83. The molecule has 5 nitrogen and oxygen atoms in total. The van der Waals surface area contributed by atoms with Gasteiger partial charge in [0.2, 0.25) is 6.79 Å². The molecule has 0 atom stereocenters. The summed E-state index contributed by atoms with van der Waals surface area (Å²) in [4.78, 5) is 14.0. The number of ether oxygens (including phenoxy) is 2. The maximum atomic E-state index is 12.4. The van der Waals surface area contributed by atoms with Gasteiger partial charge in [0, 0.05) is 11.0 Å². The minimum Gasteiger partial charge on any atom is -0.454 e. The van der Waals surface area contributed by atoms with Crippen molar-refractivity contribution in [2.24, 2.45) is 0 Å². The lowest BCUT2D eigenvalue weighted by atomic mass is 10.1. The second-order valence-corrected chi connectivity index (χ2v) is 6.27. The zero-order chi connectivity index (χ0) is 15.7. The van der Waals surface area contributed by atoms with E-state index < -0.39 is 0 Å². The van der Waals surface area contributed by atoms with Gasteiger partial charge in [0.1, 0.15) is 5.70 Å². The summed E-state index contributed by atoms with van der Waals surface area (Å²) in [5.41, 5.74) is 1.31. The van der Waals surface area contributed by atoms with Crippen molar-refractivity contribution in [2.75, 3.05) is 13.3 Å². The van der Waals surface area contributed by atoms with Crippen LogP contribution in [0.25, 0.3) is 6.08 Å². The molecule has 2 aliphatic heterocycles. The number of hydrogen-bond acceptors (Lipinski definition) is 4. The summed E-state index contributed by atoms with van der Waals surface area (Å²) in [5.74, 6) is 1.27. The molecule has 116 valence electrons. The van der Waals surface area contributed by atoms with Crippen LogP contribution in [0.3, 0.4) is 0 Å². The lowest BCUT2D eigenvalue weighted by Crippen LogP contribution is -2.31. The van der Waals surface area contributed by atoms with Crippen LogP contribution < -0.4 is 14.8 Å². The van der Waals surface area contributed by atoms with Crippen LogP contribution in [0, 0.1) is 0 Å². The highest BCUT2D eigenvalue weighted by atomic mass is 79.9. The van der Waals surface area contributed by atoms with Gasteiger partial charge >= 0.3 is 0 Å². The van der Waals surface area contributed by atoms with E-state index in [0.717, 1.165) is 22.9 Å². The van der Waals surface area contributed by atoms with E-state index in [0.29, 0.717) is 28.9 Å². The third-order valence-electron chi connectivity index (χ3n) is 3.49. The molecular formula is C15H15BrN2O3S. The largest absolute Gasteiger partial charge is 0.454 e. The first-order chi connectivity index (χ1) is 10.6. The van der Waals surface area contributed by atoms with E-state index in [1.54, 1.807) is 11.0 Å². The van der Waals surface area contributed by atoms with Gasteiger partial charge in [-0.1, -0.05) is 29.3 Å². The van der Waals surface area contributed by atoms with Gasteiger partial charge in [0.25, 0.3) is 5.91 Å². The van der Waals surface area contributed by atoms with Crippen molar-refractivity contribution < 1.29 is 14.3 Å². The van der Waals surface area contributed by atoms with E-state index in [9.17, 15) is 4.79 Å². The van der Waals surface area contributed by atoms with Crippen molar-refractivity contribution in [3.05, 3.63) is 27.9 Å². The Morgan fingerprint density at radius 2 is 2.14 bits per heavy atom. The van der Waals surface area contributed by atoms with Gasteiger partial charge in [-0.3, -0.25) is 9.69 Å². The first-order valence-electron chi connectivity index (χ1n) is 7.04. The molecule has 1 saturated heterocycles. The first kappa shape index (κ1) is 15.3. The van der Waals surface area contributed by atoms with Crippen molar-refractivity contribution in [3.8, 4) is 11.5 Å². The average Bonchev–Trinajstić information content (AvgIpc) is 3.03. The minimum absolute atomic E-state index is 0.0944. The number of unbranched alkanes of at least 4 members (excludes halogenated alkanes) is 1. The Hall–Kier alpha value is -1.60. The molecule has 2 aliphatic rings. The Labute approximate surface area is 142 Å². The topological polar surface area (TPSA) is 50.8 Å². The molecule has 1 aromatic carbocycles. The molecule has 3 rings (SSSR count). The Balaban J connectivity index is 1.87. The highest BCUT2D eigenvalue weighted by molar-refractivity contribution is 9.10. The molecule has 0 saturated carbocycles. The molecule has 22 heavy (non-hydrogen) atoms. The Morgan fingerprint density at radius 3 is 2.86 bits per heavy atom. The number of carbonyl (C=O) groups is 1. The monoisotopic (exact) mass is 382 g/mol. The minimum atomic E-state index is -0.0944. The van der Waals surface area contributed by atoms with Crippen molar-refractivity contribution in [3.63, 3.8) is 0 Å². The zero-order valence-corrected chi connectivity index (χ0v) is 14.4. The van der Waals surface area contributed by atoms with Crippen LogP contribution in [0.4, 0.5) is 0 Å². The molecule has 0 radical (unpaired) electrons. The smallest absolute Gasteiger partial charge is 0.276 e. The van der Waals surface area contributed by atoms with Crippen molar-refractivity contribution >= 4 is 45.2 Å². The summed E-state index contributed by atoms with van der Waals surface area (Å²) in [7, 11) is 0. The van der Waals surface area contributed by atoms with Gasteiger partial charge in [0.15, 0.2) is 16.6 Å². The number of carbonyl (C=O) groups excluding carboxylic acids is 1. The average molecular weight is 383 g/mol. The van der Waals surface area contributed by atoms with Gasteiger partial charge in [-0.05, 0) is 42.4 Å². The predicted molar refractivity (Wildman–Crippen MR) is 90.6 cm³/mol. The number of rotatable bonds is 4. The van der Waals surface area contributed by atoms with E-state index in [1.807, 2.05) is 12.1 Å². The lowest BCUT2D eigenvalue weighted by molar-refractivity contribution is -0.122. The van der Waals surface area contributed by atoms with Gasteiger partial charge in [0.05, 0.1) is 0 Å². The second-order valence-electron chi connectivity index (χ2n) is 5.03. The number of thiocarbonyl (C=S) groups is 1. The molecular weight excluding hydrogens is 368 g/mol. The molecule has 1 fully saturated rings. The highest BCUT2D eigenvalue weighted by Gasteiger charge is 2.30. The van der Waals surface area contributed by atoms with E-state index >= 15 is 0 Å². The number of halogens is 1. The van der Waals surface area contributed by atoms with E-state index in [1.165, 1.54) is 0 Å². The van der Waals surface area contributed by atoms with Crippen molar-refractivity contribution in [2.45, 2.75) is 19.8 Å². The molecule has 0 unspecified atom stereocenters. The Kier molecular flexibility index (Phi) is 4.35. The van der Waals surface area contributed by atoms with Crippen LogP contribution in [0.1, 0.15) is 25.3 Å². The SMILES string of the molecule is CCCCN1C(=O)/C(=C\c2cc3c(cc2Br)OCO3)NC1=S. The van der Waals surface area contributed by atoms with Gasteiger partial charge in [-0.15, -0.1) is 0 Å². The molecule has 0 bridgehead atoms. The summed E-state index contributed by atoms with van der Waals surface area (Å²) in [6.45, 7) is 2.94. The summed E-state index contributed by atoms with van der Waals surface area (Å²) < 4.78 is 11.5. The number of benzene rings is 1. The Bertz CT molecular complexity index is 675. The normalized spacial score (nSPS) is 18.3. The molecule has 0 spiro atoms. The van der Waals surface area contributed by atoms with Crippen LogP contribution in [0.5, 0.6) is 11.5 Å². The molecule has 0 aromatic heterocycles. The van der Waals surface area contributed by atoms with Crippen LogP contribution in [0.15, 0.2) is 22.3 Å². The molecule has 1 aromatic rings. The van der Waals surface area contributed by atoms with Gasteiger partial charge in [-0.2, -0.15) is 0 Å². The van der Waals surface area contributed by atoms with Gasteiger partial charge in [-0.25, -0.2) is 0 Å². The maximum Gasteiger partial charge on any atom is 0.276 e. The third-order valence-corrected chi connectivity index (χ3v) is 4.50. The van der Waals surface area contributed by atoms with Crippen molar-refractivity contribution in [1.82, 2.24) is 10.2 Å². The van der Waals surface area contributed by atoms with E-state index in [4.69, 9.17) is 21.7 Å². The number of nitrogens with one attached hydrogen (secondary N) is 1. The van der Waals surface area contributed by atoms with Gasteiger partial charge < -0.3 is 14.8 Å². The summed E-state index contributed by atoms with van der Waals surface area (Å²) >= 11 is 8.72. The van der Waals surface area contributed by atoms with Crippen molar-refractivity contribution in [1.29, 1.82) is 0 Å². The Morgan fingerprint density at radius 1 is 1.41 bits per heavy atom. The highest BCUT2D eigenvalue weighted by Crippen LogP contribution is 2.37. The zero-order valence-electron chi connectivity index (χ0n) is 12.0. The fourth-order valence-electron chi connectivity index (χ4n) is 2.29. The molecule has 1 amide bonds. The summed E-state index contributed by atoms with van der Waals surface area (Å²) in [6, 6.07) is 3.67. The van der Waals surface area contributed by atoms with Crippen LogP contribution >= 0.6 is 28.1 Å². The number of nitrogens with zero attached hydrogens (tertiary/aromatic N) is 1. The predicted octanol–water partition coefficient (Wildman–Crippen LogP) is 3.04. The second kappa shape index (κ2) is 6.26. The molecule has 7 heteroatoms. The maximum absolute atomic E-state index is 12.4. The van der Waals surface area contributed by atoms with E-state index in [2.05, 4.69) is 28.2 Å². The first-order valence-corrected chi connectivity index (χ1v) is 8.24. The fourth-order valence-corrected chi connectivity index (χ4v) is 3.01. The quantitative estimate of drug-likeness (QED) is 0.640. The van der Waals surface area contributed by atoms with Crippen LogP contribution in [-0.4, -0.2) is 29.3 Å². The number of amides is 1. The fraction of sp³-hybridized carbons (Fsp3) is 0.333. The molecule has 0 aliphatic carbocycles. The standard InChI is InChI=1S/C15H15BrN2O3S/c1-2-3-4-18-14(19)11(17-15(18)22)5-9-6-12-13(7-10(9)16)21-8-20-12/h5-7H,2-4,8H2,1H3,(H,17,22)/b11-5+. The summed E-state index contributed by atoms with van der Waals surface area (Å²) in [6.07, 6.45) is 3.71. The van der Waals surface area contributed by atoms with Crippen LogP contribution in [0.2, 0.25) is 0 Å². The lowest BCUT2D eigenvalue weighted by Gasteiger charge is -2.12. The van der Waals surface area contributed by atoms with Crippen LogP contribution in [-0.2, 0) is 4.79 Å². The summed E-state index contributed by atoms with van der Waals surface area (Å²) in [5, 5.41) is 3.44. The number of fused-ring (bicyclic) bond motifs is 1. The molecule has 1 N–H and O–H groups in total. The van der Waals surface area contributed by atoms with E-state index in [-0.39, 0.29) is 12.7 Å². The molecule has 2 heterocycles. The number of hydrogen-bond donors (Lipinski definition) is 1.